The molecule has 0 fully saturated rings. The first-order valence-corrected chi connectivity index (χ1v) is 6.75. The van der Waals surface area contributed by atoms with Crippen LogP contribution in [0.1, 0.15) is 31.7 Å². The predicted molar refractivity (Wildman–Crippen MR) is 74.6 cm³/mol. The Bertz CT molecular complexity index is 440. The third kappa shape index (κ3) is 2.14. The van der Waals surface area contributed by atoms with Crippen LogP contribution >= 0.6 is 27.5 Å². The molecule has 0 saturated heterocycles. The molecule has 3 heteroatoms. The van der Waals surface area contributed by atoms with Crippen molar-refractivity contribution in [3.8, 4) is 0 Å². The van der Waals surface area contributed by atoms with Crippen molar-refractivity contribution in [1.82, 2.24) is 0 Å². The third-order valence-electron chi connectivity index (χ3n) is 3.22. The third-order valence-corrected chi connectivity index (χ3v) is 4.41. The Kier molecular flexibility index (Phi) is 3.60. The molecule has 16 heavy (non-hydrogen) atoms. The van der Waals surface area contributed by atoms with Crippen LogP contribution in [0.15, 0.2) is 22.7 Å². The first-order chi connectivity index (χ1) is 7.63. The molecular weight excluding hydrogens is 286 g/mol. The quantitative estimate of drug-likeness (QED) is 0.773. The Morgan fingerprint density at radius 1 is 1.50 bits per heavy atom. The van der Waals surface area contributed by atoms with Crippen LogP contribution in [0.5, 0.6) is 0 Å². The second-order valence-corrected chi connectivity index (χ2v) is 5.46. The number of halogens is 2. The molecule has 2 rings (SSSR count). The van der Waals surface area contributed by atoms with Gasteiger partial charge >= 0.3 is 0 Å². The largest absolute Gasteiger partial charge is 0.398 e. The molecule has 1 nitrogen and oxygen atoms in total. The zero-order valence-corrected chi connectivity index (χ0v) is 11.6. The molecular formula is C13H15BrClN. The maximum atomic E-state index is 6.13. The summed E-state index contributed by atoms with van der Waals surface area (Å²) in [4.78, 5) is 0. The highest BCUT2D eigenvalue weighted by Gasteiger charge is 2.21. The van der Waals surface area contributed by atoms with Crippen molar-refractivity contribution in [2.45, 2.75) is 26.2 Å². The molecule has 0 bridgehead atoms. The van der Waals surface area contributed by atoms with Crippen LogP contribution < -0.4 is 5.73 Å². The molecule has 0 aliphatic heterocycles. The average Bonchev–Trinajstić information content (AvgIpc) is 2.71. The van der Waals surface area contributed by atoms with E-state index in [1.165, 1.54) is 18.4 Å². The number of rotatable bonds is 2. The van der Waals surface area contributed by atoms with Gasteiger partial charge < -0.3 is 5.73 Å². The first-order valence-electron chi connectivity index (χ1n) is 5.58. The van der Waals surface area contributed by atoms with Gasteiger partial charge in [0, 0.05) is 15.7 Å². The first kappa shape index (κ1) is 12.0. The van der Waals surface area contributed by atoms with Crippen LogP contribution in [0.3, 0.4) is 0 Å². The van der Waals surface area contributed by atoms with Gasteiger partial charge in [0.2, 0.25) is 0 Å². The maximum Gasteiger partial charge on any atom is 0.0555 e. The zero-order valence-electron chi connectivity index (χ0n) is 9.26. The van der Waals surface area contributed by atoms with E-state index >= 15 is 0 Å². The monoisotopic (exact) mass is 299 g/mol. The summed E-state index contributed by atoms with van der Waals surface area (Å²) in [5.74, 6) is 0.638. The molecule has 0 heterocycles. The van der Waals surface area contributed by atoms with Gasteiger partial charge in [0.15, 0.2) is 0 Å². The molecule has 0 radical (unpaired) electrons. The van der Waals surface area contributed by atoms with E-state index in [4.69, 9.17) is 17.3 Å². The lowest BCUT2D eigenvalue weighted by molar-refractivity contribution is 0.625. The number of allylic oxidation sites excluding steroid dienone is 2. The minimum absolute atomic E-state index is 0.638. The molecule has 1 unspecified atom stereocenters. The number of anilines is 1. The van der Waals surface area contributed by atoms with Crippen LogP contribution in [-0.4, -0.2) is 0 Å². The normalized spacial score (nSPS) is 19.9. The summed E-state index contributed by atoms with van der Waals surface area (Å²) in [7, 11) is 0. The van der Waals surface area contributed by atoms with Crippen LogP contribution in [0.4, 0.5) is 5.69 Å². The van der Waals surface area contributed by atoms with E-state index in [-0.39, 0.29) is 0 Å². The molecule has 0 aromatic heterocycles. The summed E-state index contributed by atoms with van der Waals surface area (Å²) < 4.78 is 0.863. The molecule has 2 N–H and O–H groups in total. The lowest BCUT2D eigenvalue weighted by Gasteiger charge is -2.15. The van der Waals surface area contributed by atoms with Crippen LogP contribution in [0, 0.1) is 5.92 Å². The minimum atomic E-state index is 0.638. The average molecular weight is 301 g/mol. The van der Waals surface area contributed by atoms with Crippen molar-refractivity contribution in [3.63, 3.8) is 0 Å². The Hall–Kier alpha value is -0.470. The summed E-state index contributed by atoms with van der Waals surface area (Å²) in [5, 5.41) is 0.729. The Labute approximate surface area is 110 Å². The van der Waals surface area contributed by atoms with Gasteiger partial charge in [0.25, 0.3) is 0 Å². The molecule has 1 aliphatic carbocycles. The smallest absolute Gasteiger partial charge is 0.0555 e. The van der Waals surface area contributed by atoms with E-state index in [2.05, 4.69) is 28.9 Å². The van der Waals surface area contributed by atoms with Crippen molar-refractivity contribution in [1.29, 1.82) is 0 Å². The Morgan fingerprint density at radius 3 is 2.94 bits per heavy atom. The van der Waals surface area contributed by atoms with Gasteiger partial charge in [-0.15, -0.1) is 0 Å². The van der Waals surface area contributed by atoms with Crippen molar-refractivity contribution >= 4 is 38.8 Å². The fraction of sp³-hybridized carbons (Fsp3) is 0.385. The number of nitrogen functional groups attached to an aromatic ring is 1. The van der Waals surface area contributed by atoms with Crippen molar-refractivity contribution in [3.05, 3.63) is 33.3 Å². The SMILES string of the molecule is CCC1CCC=C1c1cc(Cl)c(Br)cc1N. The molecule has 1 aromatic rings. The van der Waals surface area contributed by atoms with E-state index < -0.39 is 0 Å². The summed E-state index contributed by atoms with van der Waals surface area (Å²) in [6.07, 6.45) is 5.85. The standard InChI is InChI=1S/C13H15BrClN/c1-2-8-4-3-5-9(8)10-6-12(15)11(14)7-13(10)16/h5-8H,2-4,16H2,1H3. The Balaban J connectivity index is 2.44. The highest BCUT2D eigenvalue weighted by Crippen LogP contribution is 2.40. The molecule has 86 valence electrons. The summed E-state index contributed by atoms with van der Waals surface area (Å²) in [6.45, 7) is 2.22. The predicted octanol–water partition coefficient (Wildman–Crippen LogP) is 4.89. The highest BCUT2D eigenvalue weighted by atomic mass is 79.9. The van der Waals surface area contributed by atoms with Gasteiger partial charge in [-0.1, -0.05) is 24.6 Å². The van der Waals surface area contributed by atoms with Crippen LogP contribution in [0.2, 0.25) is 5.02 Å². The van der Waals surface area contributed by atoms with Gasteiger partial charge in [0.05, 0.1) is 5.02 Å². The van der Waals surface area contributed by atoms with Gasteiger partial charge in [0.1, 0.15) is 0 Å². The van der Waals surface area contributed by atoms with Crippen molar-refractivity contribution in [2.75, 3.05) is 5.73 Å². The van der Waals surface area contributed by atoms with Gasteiger partial charge in [-0.25, -0.2) is 0 Å². The number of hydrogen-bond acceptors (Lipinski definition) is 1. The summed E-state index contributed by atoms with van der Waals surface area (Å²) >= 11 is 9.52. The molecule has 0 amide bonds. The molecule has 0 saturated carbocycles. The number of benzene rings is 1. The van der Waals surface area contributed by atoms with E-state index in [0.29, 0.717) is 5.92 Å². The fourth-order valence-electron chi connectivity index (χ4n) is 2.33. The fourth-order valence-corrected chi connectivity index (χ4v) is 2.85. The van der Waals surface area contributed by atoms with Crippen LogP contribution in [0.25, 0.3) is 5.57 Å². The lowest BCUT2D eigenvalue weighted by Crippen LogP contribution is -2.00. The molecule has 0 spiro atoms. The van der Waals surface area contributed by atoms with E-state index in [1.54, 1.807) is 0 Å². The number of nitrogens with two attached hydrogens (primary N) is 1. The van der Waals surface area contributed by atoms with Gasteiger partial charge in [-0.2, -0.15) is 0 Å². The second-order valence-electron chi connectivity index (χ2n) is 4.20. The topological polar surface area (TPSA) is 26.0 Å². The summed E-state index contributed by atoms with van der Waals surface area (Å²) in [6, 6.07) is 3.87. The van der Waals surface area contributed by atoms with Gasteiger partial charge in [-0.3, -0.25) is 0 Å². The van der Waals surface area contributed by atoms with E-state index in [1.807, 2.05) is 12.1 Å². The van der Waals surface area contributed by atoms with E-state index in [0.717, 1.165) is 27.2 Å². The number of hydrogen-bond donors (Lipinski definition) is 1. The van der Waals surface area contributed by atoms with Gasteiger partial charge in [-0.05, 0) is 58.8 Å². The summed E-state index contributed by atoms with van der Waals surface area (Å²) in [5.41, 5.74) is 9.34. The lowest BCUT2D eigenvalue weighted by atomic mass is 9.92. The van der Waals surface area contributed by atoms with Crippen molar-refractivity contribution in [2.24, 2.45) is 5.92 Å². The maximum absolute atomic E-state index is 6.13. The molecule has 1 aromatic carbocycles. The second kappa shape index (κ2) is 4.80. The van der Waals surface area contributed by atoms with E-state index in [9.17, 15) is 0 Å². The van der Waals surface area contributed by atoms with Crippen molar-refractivity contribution < 1.29 is 0 Å². The highest BCUT2D eigenvalue weighted by molar-refractivity contribution is 9.10. The van der Waals surface area contributed by atoms with Crippen LogP contribution in [-0.2, 0) is 0 Å². The molecule has 1 atom stereocenters. The zero-order chi connectivity index (χ0) is 11.7. The molecule has 1 aliphatic rings. The Morgan fingerprint density at radius 2 is 2.25 bits per heavy atom. The minimum Gasteiger partial charge on any atom is -0.398 e.